The van der Waals surface area contributed by atoms with E-state index in [1.807, 2.05) is 0 Å². The van der Waals surface area contributed by atoms with Crippen molar-refractivity contribution in [3.8, 4) is 0 Å². The summed E-state index contributed by atoms with van der Waals surface area (Å²) in [4.78, 5) is 20.9. The lowest BCUT2D eigenvalue weighted by Crippen LogP contribution is -2.12. The molecule has 0 aliphatic heterocycles. The number of H-pyrrole nitrogens is 1. The second kappa shape index (κ2) is 3.25. The van der Waals surface area contributed by atoms with Gasteiger partial charge in [-0.05, 0) is 0 Å². The number of rotatable bonds is 3. The Morgan fingerprint density at radius 2 is 2.50 bits per heavy atom. The average Bonchev–Trinajstić information content (AvgIpc) is 2.35. The maximum atomic E-state index is 10.5. The topological polar surface area (TPSA) is 83.3 Å². The molecule has 0 saturated heterocycles. The average molecular weight is 171 g/mol. The van der Waals surface area contributed by atoms with Crippen LogP contribution in [0.2, 0.25) is 0 Å². The summed E-state index contributed by atoms with van der Waals surface area (Å²) < 4.78 is 4.37. The summed E-state index contributed by atoms with van der Waals surface area (Å²) in [7, 11) is 0. The van der Waals surface area contributed by atoms with Crippen molar-refractivity contribution in [2.75, 3.05) is 0 Å². The zero-order valence-corrected chi connectivity index (χ0v) is 6.53. The third-order valence-electron chi connectivity index (χ3n) is 1.52. The minimum atomic E-state index is -0.892. The lowest BCUT2D eigenvalue weighted by Gasteiger charge is -2.01. The van der Waals surface area contributed by atoms with Crippen molar-refractivity contribution in [2.45, 2.75) is 13.3 Å². The second-order valence-electron chi connectivity index (χ2n) is 2.64. The number of aromatic nitrogens is 1. The third kappa shape index (κ3) is 1.98. The van der Waals surface area contributed by atoms with Crippen molar-refractivity contribution in [1.82, 2.24) is 5.16 Å². The molecule has 1 atom stereocenters. The summed E-state index contributed by atoms with van der Waals surface area (Å²) in [5.74, 6) is -1.41. The number of carboxylic acids is 1. The number of hydrogen-bond acceptors (Lipinski definition) is 3. The molecule has 1 aromatic heterocycles. The van der Waals surface area contributed by atoms with Gasteiger partial charge in [-0.3, -0.25) is 4.79 Å². The Balaban J connectivity index is 2.64. The molecule has 0 saturated carbocycles. The minimum absolute atomic E-state index is 0.279. The number of aromatic amines is 1. The van der Waals surface area contributed by atoms with E-state index in [9.17, 15) is 9.59 Å². The predicted molar refractivity (Wildman–Crippen MR) is 39.8 cm³/mol. The summed E-state index contributed by atoms with van der Waals surface area (Å²) >= 11 is 0. The monoisotopic (exact) mass is 171 g/mol. The van der Waals surface area contributed by atoms with E-state index in [1.165, 1.54) is 6.07 Å². The molecule has 5 heteroatoms. The van der Waals surface area contributed by atoms with Crippen LogP contribution in [0.15, 0.2) is 15.4 Å². The molecular weight excluding hydrogens is 162 g/mol. The van der Waals surface area contributed by atoms with Crippen LogP contribution in [0.1, 0.15) is 12.6 Å². The van der Waals surface area contributed by atoms with E-state index in [0.29, 0.717) is 5.69 Å². The molecule has 1 rings (SSSR count). The quantitative estimate of drug-likeness (QED) is 0.681. The summed E-state index contributed by atoms with van der Waals surface area (Å²) in [5, 5.41) is 10.9. The highest BCUT2D eigenvalue weighted by atomic mass is 16.5. The molecule has 1 heterocycles. The Kier molecular flexibility index (Phi) is 2.32. The standard InChI is InChI=1S/C7H9NO4/c1-4(7(10)11)2-5-3-6(9)12-8-5/h3-4,8H,2H2,1H3,(H,10,11). The van der Waals surface area contributed by atoms with Gasteiger partial charge in [-0.25, -0.2) is 9.95 Å². The Bertz CT molecular complexity index is 324. The molecule has 0 spiro atoms. The van der Waals surface area contributed by atoms with Crippen LogP contribution in [-0.4, -0.2) is 16.2 Å². The van der Waals surface area contributed by atoms with Gasteiger partial charge in [0.1, 0.15) is 0 Å². The second-order valence-corrected chi connectivity index (χ2v) is 2.64. The van der Waals surface area contributed by atoms with E-state index in [-0.39, 0.29) is 6.42 Å². The van der Waals surface area contributed by atoms with Crippen molar-refractivity contribution in [2.24, 2.45) is 5.92 Å². The number of hydrogen-bond donors (Lipinski definition) is 2. The normalized spacial score (nSPS) is 12.8. The van der Waals surface area contributed by atoms with Crippen LogP contribution in [0.3, 0.4) is 0 Å². The summed E-state index contributed by atoms with van der Waals surface area (Å²) in [5.41, 5.74) is 0.0255. The van der Waals surface area contributed by atoms with Crippen molar-refractivity contribution in [3.05, 3.63) is 22.2 Å². The highest BCUT2D eigenvalue weighted by Crippen LogP contribution is 2.03. The predicted octanol–water partition coefficient (Wildman–Crippen LogP) is 0.231. The molecule has 0 bridgehead atoms. The number of nitrogens with one attached hydrogen (secondary N) is 1. The fourth-order valence-electron chi connectivity index (χ4n) is 0.835. The van der Waals surface area contributed by atoms with Crippen LogP contribution >= 0.6 is 0 Å². The first-order valence-electron chi connectivity index (χ1n) is 3.50. The minimum Gasteiger partial charge on any atom is -0.481 e. The maximum absolute atomic E-state index is 10.5. The van der Waals surface area contributed by atoms with Gasteiger partial charge >= 0.3 is 11.6 Å². The fraction of sp³-hybridized carbons (Fsp3) is 0.429. The molecule has 0 radical (unpaired) electrons. The van der Waals surface area contributed by atoms with E-state index in [2.05, 4.69) is 9.68 Å². The molecule has 5 nitrogen and oxygen atoms in total. The molecule has 2 N–H and O–H groups in total. The molecule has 66 valence electrons. The van der Waals surface area contributed by atoms with Crippen molar-refractivity contribution in [3.63, 3.8) is 0 Å². The Labute approximate surface area is 68.0 Å². The third-order valence-corrected chi connectivity index (χ3v) is 1.52. The van der Waals surface area contributed by atoms with Gasteiger partial charge in [0.25, 0.3) is 0 Å². The maximum Gasteiger partial charge on any atom is 0.357 e. The van der Waals surface area contributed by atoms with Crippen LogP contribution in [0.4, 0.5) is 0 Å². The van der Waals surface area contributed by atoms with Gasteiger partial charge in [-0.1, -0.05) is 6.92 Å². The molecule has 0 aromatic carbocycles. The molecule has 0 aliphatic carbocycles. The summed E-state index contributed by atoms with van der Waals surface area (Å²) in [6.45, 7) is 1.56. The van der Waals surface area contributed by atoms with Gasteiger partial charge in [0.2, 0.25) is 0 Å². The van der Waals surface area contributed by atoms with Crippen LogP contribution in [0.5, 0.6) is 0 Å². The molecule has 12 heavy (non-hydrogen) atoms. The van der Waals surface area contributed by atoms with Crippen molar-refractivity contribution < 1.29 is 14.4 Å². The van der Waals surface area contributed by atoms with E-state index < -0.39 is 17.5 Å². The largest absolute Gasteiger partial charge is 0.481 e. The zero-order valence-electron chi connectivity index (χ0n) is 6.53. The first-order valence-corrected chi connectivity index (χ1v) is 3.50. The van der Waals surface area contributed by atoms with Crippen LogP contribution in [0.25, 0.3) is 0 Å². The fourth-order valence-corrected chi connectivity index (χ4v) is 0.835. The van der Waals surface area contributed by atoms with Crippen LogP contribution in [0, 0.1) is 5.92 Å². The highest BCUT2D eigenvalue weighted by molar-refractivity contribution is 5.69. The van der Waals surface area contributed by atoms with E-state index >= 15 is 0 Å². The molecular formula is C7H9NO4. The Hall–Kier alpha value is -1.52. The van der Waals surface area contributed by atoms with Gasteiger partial charge in [-0.15, -0.1) is 0 Å². The number of aliphatic carboxylic acids is 1. The molecule has 0 amide bonds. The van der Waals surface area contributed by atoms with E-state index in [4.69, 9.17) is 5.11 Å². The first-order chi connectivity index (χ1) is 5.59. The van der Waals surface area contributed by atoms with E-state index in [0.717, 1.165) is 0 Å². The van der Waals surface area contributed by atoms with Crippen LogP contribution in [-0.2, 0) is 11.2 Å². The van der Waals surface area contributed by atoms with Gasteiger partial charge in [-0.2, -0.15) is 0 Å². The van der Waals surface area contributed by atoms with Gasteiger partial charge < -0.3 is 9.63 Å². The SMILES string of the molecule is CC(Cc1cc(=O)o[nH]1)C(=O)O. The van der Waals surface area contributed by atoms with Gasteiger partial charge in [0, 0.05) is 12.5 Å². The Morgan fingerprint density at radius 3 is 2.92 bits per heavy atom. The molecule has 0 aliphatic rings. The van der Waals surface area contributed by atoms with Gasteiger partial charge in [0.15, 0.2) is 0 Å². The smallest absolute Gasteiger partial charge is 0.357 e. The van der Waals surface area contributed by atoms with Crippen LogP contribution < -0.4 is 5.63 Å². The molecule has 1 aromatic rings. The molecule has 0 fully saturated rings. The summed E-state index contributed by atoms with van der Waals surface area (Å²) in [6, 6.07) is 1.25. The molecule has 1 unspecified atom stereocenters. The van der Waals surface area contributed by atoms with Gasteiger partial charge in [0.05, 0.1) is 11.6 Å². The first kappa shape index (κ1) is 8.58. The summed E-state index contributed by atoms with van der Waals surface area (Å²) in [6.07, 6.45) is 0.279. The lowest BCUT2D eigenvalue weighted by atomic mass is 10.1. The Morgan fingerprint density at radius 1 is 1.83 bits per heavy atom. The van der Waals surface area contributed by atoms with E-state index in [1.54, 1.807) is 6.92 Å². The number of carboxylic acid groups (broad SMARTS) is 1. The van der Waals surface area contributed by atoms with Crippen molar-refractivity contribution in [1.29, 1.82) is 0 Å². The highest BCUT2D eigenvalue weighted by Gasteiger charge is 2.12. The van der Waals surface area contributed by atoms with Crippen molar-refractivity contribution >= 4 is 5.97 Å². The lowest BCUT2D eigenvalue weighted by molar-refractivity contribution is -0.141. The zero-order chi connectivity index (χ0) is 9.14. The number of carbonyl (C=O) groups is 1.